The fourth-order valence-corrected chi connectivity index (χ4v) is 2.97. The zero-order valence-electron chi connectivity index (χ0n) is 12.8. The van der Waals surface area contributed by atoms with Gasteiger partial charge in [0.2, 0.25) is 5.89 Å². The normalized spacial score (nSPS) is 21.4. The molecule has 124 valence electrons. The molecule has 2 aromatic heterocycles. The third-order valence-corrected chi connectivity index (χ3v) is 4.25. The number of benzene rings is 1. The maximum Gasteiger partial charge on any atom is 0.226 e. The fraction of sp³-hybridized carbons (Fsp3) is 0.312. The van der Waals surface area contributed by atoms with Crippen molar-refractivity contribution < 1.29 is 13.9 Å². The van der Waals surface area contributed by atoms with Gasteiger partial charge in [0.15, 0.2) is 0 Å². The number of likely N-dealkylation sites (tertiary alicyclic amines) is 1. The van der Waals surface area contributed by atoms with E-state index in [2.05, 4.69) is 25.3 Å². The molecule has 7 nitrogen and oxygen atoms in total. The van der Waals surface area contributed by atoms with Crippen molar-refractivity contribution in [2.24, 2.45) is 0 Å². The Hall–Kier alpha value is -2.58. The molecule has 1 aliphatic rings. The summed E-state index contributed by atoms with van der Waals surface area (Å²) < 4.78 is 18.4. The van der Waals surface area contributed by atoms with Crippen LogP contribution in [0.3, 0.4) is 0 Å². The summed E-state index contributed by atoms with van der Waals surface area (Å²) in [6, 6.07) is 6.00. The van der Waals surface area contributed by atoms with Gasteiger partial charge >= 0.3 is 0 Å². The Balaban J connectivity index is 1.44. The molecule has 0 spiro atoms. The molecule has 1 aliphatic heterocycles. The van der Waals surface area contributed by atoms with Gasteiger partial charge in [-0.1, -0.05) is 0 Å². The molecular weight excluding hydrogens is 313 g/mol. The maximum absolute atomic E-state index is 13.0. The average molecular weight is 329 g/mol. The van der Waals surface area contributed by atoms with Crippen LogP contribution in [0, 0.1) is 5.82 Å². The average Bonchev–Trinajstić information content (AvgIpc) is 3.30. The third kappa shape index (κ3) is 2.81. The minimum Gasteiger partial charge on any atom is -0.444 e. The summed E-state index contributed by atoms with van der Waals surface area (Å²) >= 11 is 0. The first-order valence-corrected chi connectivity index (χ1v) is 7.64. The highest BCUT2D eigenvalue weighted by Gasteiger charge is 2.39. The van der Waals surface area contributed by atoms with Gasteiger partial charge in [0, 0.05) is 25.2 Å². The van der Waals surface area contributed by atoms with E-state index in [1.807, 2.05) is 0 Å². The summed E-state index contributed by atoms with van der Waals surface area (Å²) in [5.74, 6) is 0.158. The van der Waals surface area contributed by atoms with Crippen LogP contribution in [0.15, 0.2) is 41.1 Å². The predicted molar refractivity (Wildman–Crippen MR) is 82.1 cm³/mol. The van der Waals surface area contributed by atoms with E-state index in [1.165, 1.54) is 12.1 Å². The Morgan fingerprint density at radius 3 is 2.92 bits per heavy atom. The van der Waals surface area contributed by atoms with E-state index in [4.69, 9.17) is 4.42 Å². The van der Waals surface area contributed by atoms with E-state index in [9.17, 15) is 9.50 Å². The molecule has 3 aromatic rings. The van der Waals surface area contributed by atoms with Crippen molar-refractivity contribution in [2.75, 3.05) is 13.1 Å². The second kappa shape index (κ2) is 5.81. The first-order chi connectivity index (χ1) is 11.6. The Bertz CT molecular complexity index is 817. The Morgan fingerprint density at radius 2 is 2.17 bits per heavy atom. The van der Waals surface area contributed by atoms with Crippen LogP contribution in [-0.4, -0.2) is 43.5 Å². The molecule has 0 aliphatic carbocycles. The summed E-state index contributed by atoms with van der Waals surface area (Å²) in [7, 11) is 0. The van der Waals surface area contributed by atoms with E-state index in [1.54, 1.807) is 24.6 Å². The number of nitrogens with zero attached hydrogens (tertiary/aromatic N) is 4. The van der Waals surface area contributed by atoms with Crippen LogP contribution >= 0.6 is 0 Å². The summed E-state index contributed by atoms with van der Waals surface area (Å²) in [4.78, 5) is 6.52. The quantitative estimate of drug-likeness (QED) is 0.757. The Labute approximate surface area is 137 Å². The summed E-state index contributed by atoms with van der Waals surface area (Å²) in [6.45, 7) is 1.74. The second-order valence-corrected chi connectivity index (χ2v) is 6.00. The lowest BCUT2D eigenvalue weighted by Crippen LogP contribution is -2.31. The minimum absolute atomic E-state index is 0.297. The molecular formula is C16H16FN5O2. The summed E-state index contributed by atoms with van der Waals surface area (Å²) in [5.41, 5.74) is 1.05. The van der Waals surface area contributed by atoms with Crippen LogP contribution in [0.4, 0.5) is 4.39 Å². The summed E-state index contributed by atoms with van der Waals surface area (Å²) in [6.07, 6.45) is 3.72. The van der Waals surface area contributed by atoms with Crippen molar-refractivity contribution in [3.8, 4) is 11.5 Å². The molecule has 3 heterocycles. The molecule has 0 saturated carbocycles. The number of β-amino-alcohol motifs (C(OH)–C–C–N with tert-alkyl or cyclic N) is 1. The molecule has 2 N–H and O–H groups in total. The van der Waals surface area contributed by atoms with Gasteiger partial charge in [0.05, 0.1) is 11.9 Å². The third-order valence-electron chi connectivity index (χ3n) is 4.25. The van der Waals surface area contributed by atoms with Gasteiger partial charge in [-0.25, -0.2) is 9.37 Å². The van der Waals surface area contributed by atoms with Gasteiger partial charge in [-0.15, -0.1) is 0 Å². The SMILES string of the molecule is OC1(c2cn[nH]n2)CCN(Cc2coc(-c3ccc(F)cc3)n2)C1. The lowest BCUT2D eigenvalue weighted by molar-refractivity contribution is 0.0407. The number of halogens is 1. The van der Waals surface area contributed by atoms with E-state index in [0.29, 0.717) is 31.1 Å². The van der Waals surface area contributed by atoms with Gasteiger partial charge in [0.25, 0.3) is 0 Å². The van der Waals surface area contributed by atoms with Gasteiger partial charge < -0.3 is 9.52 Å². The molecule has 1 fully saturated rings. The molecule has 1 unspecified atom stereocenters. The van der Waals surface area contributed by atoms with Gasteiger partial charge in [-0.05, 0) is 30.7 Å². The zero-order chi connectivity index (χ0) is 16.6. The lowest BCUT2D eigenvalue weighted by atomic mass is 10.0. The van der Waals surface area contributed by atoms with Crippen LogP contribution in [0.25, 0.3) is 11.5 Å². The minimum atomic E-state index is -0.990. The highest BCUT2D eigenvalue weighted by atomic mass is 19.1. The van der Waals surface area contributed by atoms with Crippen molar-refractivity contribution in [1.29, 1.82) is 0 Å². The van der Waals surface area contributed by atoms with Crippen molar-refractivity contribution in [2.45, 2.75) is 18.6 Å². The monoisotopic (exact) mass is 329 g/mol. The second-order valence-electron chi connectivity index (χ2n) is 6.00. The Morgan fingerprint density at radius 1 is 1.33 bits per heavy atom. The Kier molecular flexibility index (Phi) is 3.62. The topological polar surface area (TPSA) is 91.1 Å². The maximum atomic E-state index is 13.0. The van der Waals surface area contributed by atoms with Crippen LogP contribution in [0.2, 0.25) is 0 Å². The number of nitrogens with one attached hydrogen (secondary N) is 1. The number of rotatable bonds is 4. The number of hydrogen-bond acceptors (Lipinski definition) is 6. The van der Waals surface area contributed by atoms with E-state index in [-0.39, 0.29) is 5.82 Å². The van der Waals surface area contributed by atoms with Gasteiger partial charge in [-0.3, -0.25) is 4.90 Å². The number of aliphatic hydroxyl groups is 1. The molecule has 4 rings (SSSR count). The summed E-state index contributed by atoms with van der Waals surface area (Å²) in [5, 5.41) is 20.9. The smallest absolute Gasteiger partial charge is 0.226 e. The first kappa shape index (κ1) is 15.0. The largest absolute Gasteiger partial charge is 0.444 e. The molecule has 24 heavy (non-hydrogen) atoms. The lowest BCUT2D eigenvalue weighted by Gasteiger charge is -2.20. The number of oxazole rings is 1. The first-order valence-electron chi connectivity index (χ1n) is 7.64. The number of H-pyrrole nitrogens is 1. The molecule has 1 atom stereocenters. The highest BCUT2D eigenvalue weighted by molar-refractivity contribution is 5.52. The van der Waals surface area contributed by atoms with Crippen LogP contribution in [-0.2, 0) is 12.1 Å². The number of aromatic nitrogens is 4. The highest BCUT2D eigenvalue weighted by Crippen LogP contribution is 2.31. The zero-order valence-corrected chi connectivity index (χ0v) is 12.8. The fourth-order valence-electron chi connectivity index (χ4n) is 2.97. The molecule has 1 aromatic carbocycles. The van der Waals surface area contributed by atoms with Crippen LogP contribution in [0.5, 0.6) is 0 Å². The molecule has 0 radical (unpaired) electrons. The molecule has 8 heteroatoms. The van der Waals surface area contributed by atoms with Crippen molar-refractivity contribution >= 4 is 0 Å². The van der Waals surface area contributed by atoms with Crippen molar-refractivity contribution in [3.63, 3.8) is 0 Å². The van der Waals surface area contributed by atoms with Gasteiger partial charge in [-0.2, -0.15) is 15.4 Å². The molecule has 1 saturated heterocycles. The molecule has 0 bridgehead atoms. The van der Waals surface area contributed by atoms with E-state index < -0.39 is 5.60 Å². The van der Waals surface area contributed by atoms with Crippen molar-refractivity contribution in [1.82, 2.24) is 25.3 Å². The standard InChI is InChI=1S/C16H16FN5O2/c17-12-3-1-11(2-4-12)15-19-13(9-24-15)8-22-6-5-16(23,10-22)14-7-18-21-20-14/h1-4,7,9,23H,5-6,8,10H2,(H,18,20,21). The molecule has 0 amide bonds. The predicted octanol–water partition coefficient (Wildman–Crippen LogP) is 1.69. The van der Waals surface area contributed by atoms with Crippen LogP contribution < -0.4 is 0 Å². The van der Waals surface area contributed by atoms with Gasteiger partial charge in [0.1, 0.15) is 23.4 Å². The van der Waals surface area contributed by atoms with E-state index in [0.717, 1.165) is 17.8 Å². The number of aromatic amines is 1. The van der Waals surface area contributed by atoms with Crippen LogP contribution in [0.1, 0.15) is 17.8 Å². The van der Waals surface area contributed by atoms with E-state index >= 15 is 0 Å². The number of hydrogen-bond donors (Lipinski definition) is 2. The van der Waals surface area contributed by atoms with Crippen molar-refractivity contribution in [3.05, 3.63) is 53.9 Å².